The topological polar surface area (TPSA) is 38.5 Å². The van der Waals surface area contributed by atoms with Crippen molar-refractivity contribution in [1.29, 1.82) is 0 Å². The highest BCUT2D eigenvalue weighted by Gasteiger charge is 2.31. The van der Waals surface area contributed by atoms with Gasteiger partial charge >= 0.3 is 0 Å². The van der Waals surface area contributed by atoms with Gasteiger partial charge in [0.2, 0.25) is 0 Å². The Morgan fingerprint density at radius 3 is 2.90 bits per heavy atom. The van der Waals surface area contributed by atoms with Gasteiger partial charge in [0.1, 0.15) is 0 Å². The second kappa shape index (κ2) is 7.12. The Bertz CT molecular complexity index is 480. The van der Waals surface area contributed by atoms with Gasteiger partial charge < -0.3 is 15.4 Å². The normalized spacial score (nSPS) is 24.1. The lowest BCUT2D eigenvalue weighted by atomic mass is 9.93. The molecule has 0 radical (unpaired) electrons. The molecule has 3 nitrogen and oxygen atoms in total. The van der Waals surface area contributed by atoms with Crippen LogP contribution in [0.2, 0.25) is 0 Å². The molecule has 1 fully saturated rings. The predicted molar refractivity (Wildman–Crippen MR) is 93.0 cm³/mol. The molecule has 2 N–H and O–H groups in total. The van der Waals surface area contributed by atoms with Gasteiger partial charge in [-0.1, -0.05) is 28.9 Å². The molecule has 0 aliphatic carbocycles. The number of nitrogens with two attached hydrogens (primary N) is 1. The lowest BCUT2D eigenvalue weighted by Crippen LogP contribution is -2.47. The summed E-state index contributed by atoms with van der Waals surface area (Å²) < 4.78 is 6.85. The Morgan fingerprint density at radius 1 is 1.48 bits per heavy atom. The molecule has 2 unspecified atom stereocenters. The summed E-state index contributed by atoms with van der Waals surface area (Å²) in [6.07, 6.45) is 4.22. The highest BCUT2D eigenvalue weighted by atomic mass is 79.9. The molecule has 1 aliphatic heterocycles. The number of anilines is 1. The molecule has 0 aromatic heterocycles. The summed E-state index contributed by atoms with van der Waals surface area (Å²) in [7, 11) is 1.82. The third-order valence-corrected chi connectivity index (χ3v) is 5.04. The van der Waals surface area contributed by atoms with Crippen molar-refractivity contribution in [2.75, 3.05) is 25.1 Å². The standard InChI is InChI=1S/C17H27BrN2O/c1-4-15(19)10-13-6-7-14(18)11-16(13)20-9-5-8-17(2,12-20)21-3/h6-7,11,15H,4-5,8-10,12,19H2,1-3H3. The number of halogens is 1. The van der Waals surface area contributed by atoms with Crippen molar-refractivity contribution in [2.24, 2.45) is 5.73 Å². The van der Waals surface area contributed by atoms with Gasteiger partial charge in [-0.3, -0.25) is 0 Å². The maximum Gasteiger partial charge on any atom is 0.0825 e. The summed E-state index contributed by atoms with van der Waals surface area (Å²) in [6, 6.07) is 6.76. The van der Waals surface area contributed by atoms with E-state index in [4.69, 9.17) is 10.5 Å². The summed E-state index contributed by atoms with van der Waals surface area (Å²) >= 11 is 3.60. The van der Waals surface area contributed by atoms with E-state index in [9.17, 15) is 0 Å². The molecule has 1 saturated heterocycles. The third kappa shape index (κ3) is 4.21. The van der Waals surface area contributed by atoms with Crippen LogP contribution < -0.4 is 10.6 Å². The van der Waals surface area contributed by atoms with Crippen LogP contribution in [0.3, 0.4) is 0 Å². The SMILES string of the molecule is CCC(N)Cc1ccc(Br)cc1N1CCCC(C)(OC)C1. The zero-order valence-corrected chi connectivity index (χ0v) is 14.9. The van der Waals surface area contributed by atoms with E-state index in [2.05, 4.69) is 52.9 Å². The Kier molecular flexibility index (Phi) is 5.69. The number of nitrogens with zero attached hydrogens (tertiary/aromatic N) is 1. The first-order chi connectivity index (χ1) is 9.97. The minimum atomic E-state index is -0.0509. The van der Waals surface area contributed by atoms with Crippen LogP contribution in [0.4, 0.5) is 5.69 Å². The third-order valence-electron chi connectivity index (χ3n) is 4.55. The molecule has 0 bridgehead atoms. The van der Waals surface area contributed by atoms with E-state index in [1.807, 2.05) is 7.11 Å². The molecule has 21 heavy (non-hydrogen) atoms. The van der Waals surface area contributed by atoms with E-state index in [1.54, 1.807) is 0 Å². The van der Waals surface area contributed by atoms with Gasteiger partial charge in [0.15, 0.2) is 0 Å². The zero-order chi connectivity index (χ0) is 15.5. The van der Waals surface area contributed by atoms with E-state index >= 15 is 0 Å². The summed E-state index contributed by atoms with van der Waals surface area (Å²) in [5.41, 5.74) is 8.76. The molecule has 1 aromatic rings. The number of piperidine rings is 1. The van der Waals surface area contributed by atoms with Crippen molar-refractivity contribution in [3.8, 4) is 0 Å². The molecule has 1 aromatic carbocycles. The van der Waals surface area contributed by atoms with E-state index in [1.165, 1.54) is 11.3 Å². The number of methoxy groups -OCH3 is 1. The highest BCUT2D eigenvalue weighted by molar-refractivity contribution is 9.10. The highest BCUT2D eigenvalue weighted by Crippen LogP contribution is 2.32. The average Bonchev–Trinajstić information content (AvgIpc) is 2.49. The fraction of sp³-hybridized carbons (Fsp3) is 0.647. The van der Waals surface area contributed by atoms with Crippen molar-refractivity contribution < 1.29 is 4.74 Å². The monoisotopic (exact) mass is 354 g/mol. The van der Waals surface area contributed by atoms with Crippen LogP contribution in [0, 0.1) is 0 Å². The fourth-order valence-electron chi connectivity index (χ4n) is 3.01. The number of benzene rings is 1. The number of ether oxygens (including phenoxy) is 1. The van der Waals surface area contributed by atoms with Crippen molar-refractivity contribution in [3.05, 3.63) is 28.2 Å². The van der Waals surface area contributed by atoms with Crippen LogP contribution in [0.1, 0.15) is 38.7 Å². The van der Waals surface area contributed by atoms with Crippen molar-refractivity contribution in [3.63, 3.8) is 0 Å². The van der Waals surface area contributed by atoms with Crippen LogP contribution in [-0.2, 0) is 11.2 Å². The van der Waals surface area contributed by atoms with Gasteiger partial charge in [-0.05, 0) is 50.3 Å². The maximum atomic E-state index is 6.17. The summed E-state index contributed by atoms with van der Waals surface area (Å²) in [4.78, 5) is 2.45. The van der Waals surface area contributed by atoms with Crippen molar-refractivity contribution >= 4 is 21.6 Å². The maximum absolute atomic E-state index is 6.17. The Balaban J connectivity index is 2.26. The van der Waals surface area contributed by atoms with Gasteiger partial charge in [-0.25, -0.2) is 0 Å². The number of hydrogen-bond donors (Lipinski definition) is 1. The molecule has 2 rings (SSSR count). The second-order valence-electron chi connectivity index (χ2n) is 6.32. The lowest BCUT2D eigenvalue weighted by Gasteiger charge is -2.41. The summed E-state index contributed by atoms with van der Waals surface area (Å²) in [5, 5.41) is 0. The first-order valence-corrected chi connectivity index (χ1v) is 8.61. The molecule has 118 valence electrons. The molecule has 0 amide bonds. The van der Waals surface area contributed by atoms with E-state index < -0.39 is 0 Å². The van der Waals surface area contributed by atoms with Gasteiger partial charge in [0.25, 0.3) is 0 Å². The second-order valence-corrected chi connectivity index (χ2v) is 7.24. The molecule has 0 spiro atoms. The molecular weight excluding hydrogens is 328 g/mol. The molecule has 1 heterocycles. The fourth-order valence-corrected chi connectivity index (χ4v) is 3.36. The minimum Gasteiger partial charge on any atom is -0.377 e. The van der Waals surface area contributed by atoms with Crippen molar-refractivity contribution in [2.45, 2.75) is 51.2 Å². The quantitative estimate of drug-likeness (QED) is 0.875. The van der Waals surface area contributed by atoms with Gasteiger partial charge in [-0.2, -0.15) is 0 Å². The van der Waals surface area contributed by atoms with E-state index in [0.29, 0.717) is 0 Å². The number of hydrogen-bond acceptors (Lipinski definition) is 3. The van der Waals surface area contributed by atoms with Crippen molar-refractivity contribution in [1.82, 2.24) is 0 Å². The Labute approximate surface area is 137 Å². The Hall–Kier alpha value is -0.580. The first-order valence-electron chi connectivity index (χ1n) is 7.81. The van der Waals surface area contributed by atoms with Gasteiger partial charge in [0, 0.05) is 36.4 Å². The first kappa shape index (κ1) is 16.8. The van der Waals surface area contributed by atoms with Gasteiger partial charge in [-0.15, -0.1) is 0 Å². The van der Waals surface area contributed by atoms with E-state index in [-0.39, 0.29) is 11.6 Å². The predicted octanol–water partition coefficient (Wildman–Crippen LogP) is 3.73. The molecule has 0 saturated carbocycles. The molecule has 4 heteroatoms. The lowest BCUT2D eigenvalue weighted by molar-refractivity contribution is -0.00468. The van der Waals surface area contributed by atoms with Crippen LogP contribution in [0.25, 0.3) is 0 Å². The molecule has 2 atom stereocenters. The smallest absolute Gasteiger partial charge is 0.0825 e. The minimum absolute atomic E-state index is 0.0509. The summed E-state index contributed by atoms with van der Waals surface area (Å²) in [5.74, 6) is 0. The Morgan fingerprint density at radius 2 is 2.24 bits per heavy atom. The largest absolute Gasteiger partial charge is 0.377 e. The summed E-state index contributed by atoms with van der Waals surface area (Å²) in [6.45, 7) is 6.37. The molecule has 1 aliphatic rings. The van der Waals surface area contributed by atoms with Crippen LogP contribution >= 0.6 is 15.9 Å². The average molecular weight is 355 g/mol. The number of rotatable bonds is 5. The van der Waals surface area contributed by atoms with Crippen LogP contribution in [0.15, 0.2) is 22.7 Å². The molecular formula is C17H27BrN2O. The van der Waals surface area contributed by atoms with Crippen LogP contribution in [0.5, 0.6) is 0 Å². The van der Waals surface area contributed by atoms with Gasteiger partial charge in [0.05, 0.1) is 5.60 Å². The van der Waals surface area contributed by atoms with E-state index in [0.717, 1.165) is 43.2 Å². The zero-order valence-electron chi connectivity index (χ0n) is 13.4. The van der Waals surface area contributed by atoms with Crippen LogP contribution in [-0.4, -0.2) is 31.8 Å².